The molecule has 1 fully saturated rings. The second-order valence-electron chi connectivity index (χ2n) is 7.72. The maximum atomic E-state index is 12.6. The van der Waals surface area contributed by atoms with Gasteiger partial charge in [-0.2, -0.15) is 0 Å². The molecule has 29 heavy (non-hydrogen) atoms. The summed E-state index contributed by atoms with van der Waals surface area (Å²) in [5, 5.41) is 3.06. The van der Waals surface area contributed by atoms with Crippen molar-refractivity contribution < 1.29 is 4.79 Å². The van der Waals surface area contributed by atoms with Crippen LogP contribution < -0.4 is 10.2 Å². The smallest absolute Gasteiger partial charge is 0.227 e. The number of carbonyl (C=O) groups is 1. The van der Waals surface area contributed by atoms with E-state index in [9.17, 15) is 4.79 Å². The molecule has 1 N–H and O–H groups in total. The van der Waals surface area contributed by atoms with Gasteiger partial charge in [-0.25, -0.2) is 9.97 Å². The molecule has 0 spiro atoms. The Bertz CT molecular complexity index is 992. The van der Waals surface area contributed by atoms with Gasteiger partial charge in [-0.3, -0.25) is 4.79 Å². The normalized spacial score (nSPS) is 14.6. The van der Waals surface area contributed by atoms with E-state index in [1.165, 1.54) is 5.56 Å². The molecule has 0 radical (unpaired) electrons. The molecule has 4 rings (SSSR count). The molecule has 0 aliphatic carbocycles. The first-order chi connectivity index (χ1) is 14.1. The van der Waals surface area contributed by atoms with Gasteiger partial charge in [0, 0.05) is 36.5 Å². The molecule has 2 aromatic carbocycles. The van der Waals surface area contributed by atoms with Crippen molar-refractivity contribution in [3.63, 3.8) is 0 Å². The van der Waals surface area contributed by atoms with Gasteiger partial charge in [-0.15, -0.1) is 0 Å². The molecule has 0 unspecified atom stereocenters. The van der Waals surface area contributed by atoms with Gasteiger partial charge < -0.3 is 10.2 Å². The van der Waals surface area contributed by atoms with Crippen LogP contribution in [0, 0.1) is 19.8 Å². The molecule has 1 amide bonds. The average molecular weight is 386 g/mol. The minimum absolute atomic E-state index is 0.0326. The lowest BCUT2D eigenvalue weighted by molar-refractivity contribution is -0.120. The average Bonchev–Trinajstić information content (AvgIpc) is 2.74. The van der Waals surface area contributed by atoms with Crippen LogP contribution in [0.1, 0.15) is 24.0 Å². The molecular formula is C24H26N4O. The van der Waals surface area contributed by atoms with Crippen LogP contribution >= 0.6 is 0 Å². The van der Waals surface area contributed by atoms with E-state index in [1.54, 1.807) is 0 Å². The molecule has 1 aliphatic heterocycles. The summed E-state index contributed by atoms with van der Waals surface area (Å²) in [6.45, 7) is 5.73. The van der Waals surface area contributed by atoms with Gasteiger partial charge in [0.05, 0.1) is 0 Å². The van der Waals surface area contributed by atoms with Gasteiger partial charge in [0.2, 0.25) is 5.91 Å². The van der Waals surface area contributed by atoms with Crippen molar-refractivity contribution in [3.05, 3.63) is 71.9 Å². The van der Waals surface area contributed by atoms with Crippen LogP contribution in [0.25, 0.3) is 11.4 Å². The van der Waals surface area contributed by atoms with E-state index < -0.39 is 0 Å². The number of nitrogens with zero attached hydrogens (tertiary/aromatic N) is 3. The zero-order chi connectivity index (χ0) is 20.2. The first-order valence-corrected chi connectivity index (χ1v) is 10.1. The first kappa shape index (κ1) is 19.1. The Morgan fingerprint density at radius 2 is 1.76 bits per heavy atom. The van der Waals surface area contributed by atoms with Crippen molar-refractivity contribution in [3.8, 4) is 11.4 Å². The van der Waals surface area contributed by atoms with Crippen molar-refractivity contribution in [1.82, 2.24) is 9.97 Å². The van der Waals surface area contributed by atoms with Crippen molar-refractivity contribution in [1.29, 1.82) is 0 Å². The summed E-state index contributed by atoms with van der Waals surface area (Å²) in [5.74, 6) is 1.80. The zero-order valence-electron chi connectivity index (χ0n) is 16.9. The van der Waals surface area contributed by atoms with Crippen molar-refractivity contribution in [2.24, 2.45) is 5.92 Å². The molecule has 5 nitrogen and oxygen atoms in total. The van der Waals surface area contributed by atoms with Gasteiger partial charge in [-0.05, 0) is 50.5 Å². The standard InChI is InChI=1S/C24H26N4O/c1-17-6-8-19(9-7-17)23-25-13-10-22(27-23)28-14-11-20(12-15-28)24(29)26-21-5-3-4-18(2)16-21/h3-10,13,16,20H,11-12,14-15H2,1-2H3,(H,26,29). The van der Waals surface area contributed by atoms with Gasteiger partial charge in [0.25, 0.3) is 0 Å². The monoisotopic (exact) mass is 386 g/mol. The van der Waals surface area contributed by atoms with Gasteiger partial charge in [0.1, 0.15) is 5.82 Å². The van der Waals surface area contributed by atoms with E-state index >= 15 is 0 Å². The summed E-state index contributed by atoms with van der Waals surface area (Å²) < 4.78 is 0. The quantitative estimate of drug-likeness (QED) is 0.711. The van der Waals surface area contributed by atoms with Crippen molar-refractivity contribution in [2.75, 3.05) is 23.3 Å². The fourth-order valence-electron chi connectivity index (χ4n) is 3.70. The minimum Gasteiger partial charge on any atom is -0.356 e. The van der Waals surface area contributed by atoms with Crippen LogP contribution in [0.5, 0.6) is 0 Å². The summed E-state index contributed by atoms with van der Waals surface area (Å²) in [4.78, 5) is 24.1. The second kappa shape index (κ2) is 8.43. The van der Waals surface area contributed by atoms with Crippen LogP contribution in [-0.2, 0) is 4.79 Å². The molecule has 0 atom stereocenters. The number of piperidine rings is 1. The second-order valence-corrected chi connectivity index (χ2v) is 7.72. The van der Waals surface area contributed by atoms with Gasteiger partial charge >= 0.3 is 0 Å². The Balaban J connectivity index is 1.39. The molecule has 1 saturated heterocycles. The molecule has 3 aromatic rings. The van der Waals surface area contributed by atoms with E-state index in [4.69, 9.17) is 4.98 Å². The molecule has 148 valence electrons. The number of hydrogen-bond donors (Lipinski definition) is 1. The summed E-state index contributed by atoms with van der Waals surface area (Å²) in [6.07, 6.45) is 3.46. The molecule has 0 bridgehead atoms. The highest BCUT2D eigenvalue weighted by atomic mass is 16.1. The lowest BCUT2D eigenvalue weighted by Crippen LogP contribution is -2.38. The number of amides is 1. The van der Waals surface area contributed by atoms with Crippen LogP contribution in [0.2, 0.25) is 0 Å². The topological polar surface area (TPSA) is 58.1 Å². The minimum atomic E-state index is 0.0326. The van der Waals surface area contributed by atoms with Crippen LogP contribution in [0.15, 0.2) is 60.8 Å². The lowest BCUT2D eigenvalue weighted by atomic mass is 9.95. The number of carbonyl (C=O) groups excluding carboxylic acids is 1. The van der Waals surface area contributed by atoms with Gasteiger partial charge in [0.15, 0.2) is 5.82 Å². The number of aryl methyl sites for hydroxylation is 2. The Kier molecular flexibility index (Phi) is 5.56. The number of anilines is 2. The summed E-state index contributed by atoms with van der Waals surface area (Å²) in [6, 6.07) is 18.1. The van der Waals surface area contributed by atoms with E-state index in [-0.39, 0.29) is 11.8 Å². The zero-order valence-corrected chi connectivity index (χ0v) is 16.9. The van der Waals surface area contributed by atoms with Gasteiger partial charge in [-0.1, -0.05) is 42.0 Å². The highest BCUT2D eigenvalue weighted by Crippen LogP contribution is 2.25. The SMILES string of the molecule is Cc1ccc(-c2nccc(N3CCC(C(=O)Nc4cccc(C)c4)CC3)n2)cc1. The summed E-state index contributed by atoms with van der Waals surface area (Å²) in [7, 11) is 0. The number of benzene rings is 2. The van der Waals surface area contributed by atoms with Crippen LogP contribution in [0.3, 0.4) is 0 Å². The number of rotatable bonds is 4. The lowest BCUT2D eigenvalue weighted by Gasteiger charge is -2.32. The number of aromatic nitrogens is 2. The predicted molar refractivity (Wildman–Crippen MR) is 117 cm³/mol. The highest BCUT2D eigenvalue weighted by molar-refractivity contribution is 5.92. The third kappa shape index (κ3) is 4.62. The van der Waals surface area contributed by atoms with E-state index in [0.717, 1.165) is 54.4 Å². The largest absolute Gasteiger partial charge is 0.356 e. The predicted octanol–water partition coefficient (Wildman–Crippen LogP) is 4.62. The van der Waals surface area contributed by atoms with Crippen molar-refractivity contribution in [2.45, 2.75) is 26.7 Å². The summed E-state index contributed by atoms with van der Waals surface area (Å²) in [5.41, 5.74) is 4.25. The molecule has 1 aromatic heterocycles. The third-order valence-corrected chi connectivity index (χ3v) is 5.43. The first-order valence-electron chi connectivity index (χ1n) is 10.1. The van der Waals surface area contributed by atoms with Crippen LogP contribution in [0.4, 0.5) is 11.5 Å². The molecule has 1 aliphatic rings. The number of hydrogen-bond acceptors (Lipinski definition) is 4. The fourth-order valence-corrected chi connectivity index (χ4v) is 3.70. The molecule has 2 heterocycles. The fraction of sp³-hybridized carbons (Fsp3) is 0.292. The Morgan fingerprint density at radius 3 is 2.48 bits per heavy atom. The maximum absolute atomic E-state index is 12.6. The third-order valence-electron chi connectivity index (χ3n) is 5.43. The Morgan fingerprint density at radius 1 is 1.00 bits per heavy atom. The molecular weight excluding hydrogens is 360 g/mol. The van der Waals surface area contributed by atoms with E-state index in [2.05, 4.69) is 46.4 Å². The van der Waals surface area contributed by atoms with Crippen LogP contribution in [-0.4, -0.2) is 29.0 Å². The number of nitrogens with one attached hydrogen (secondary N) is 1. The Hall–Kier alpha value is -3.21. The Labute approximate surface area is 171 Å². The highest BCUT2D eigenvalue weighted by Gasteiger charge is 2.26. The molecule has 5 heteroatoms. The van der Waals surface area contributed by atoms with Crippen molar-refractivity contribution >= 4 is 17.4 Å². The summed E-state index contributed by atoms with van der Waals surface area (Å²) >= 11 is 0. The van der Waals surface area contributed by atoms with E-state index in [0.29, 0.717) is 0 Å². The van der Waals surface area contributed by atoms with E-state index in [1.807, 2.05) is 43.5 Å². The maximum Gasteiger partial charge on any atom is 0.227 e. The molecule has 0 saturated carbocycles.